The van der Waals surface area contributed by atoms with Crippen molar-refractivity contribution in [2.45, 2.75) is 117 Å². The fraction of sp³-hybridized carbons (Fsp3) is 0.509. The average molecular weight is 837 g/mol. The summed E-state index contributed by atoms with van der Waals surface area (Å²) >= 11 is 0. The highest BCUT2D eigenvalue weighted by Crippen LogP contribution is 2.68. The van der Waals surface area contributed by atoms with E-state index in [1.165, 1.54) is 49.3 Å². The summed E-state index contributed by atoms with van der Waals surface area (Å²) in [6.07, 6.45) is 11.5. The molecule has 0 N–H and O–H groups in total. The molecule has 4 saturated carbocycles. The van der Waals surface area contributed by atoms with Gasteiger partial charge in [0.05, 0.1) is 13.0 Å². The summed E-state index contributed by atoms with van der Waals surface area (Å²) in [5.74, 6) is 3.08. The summed E-state index contributed by atoms with van der Waals surface area (Å²) < 4.78 is 22.9. The molecule has 7 heteroatoms. The van der Waals surface area contributed by atoms with Crippen molar-refractivity contribution in [1.29, 1.82) is 0 Å². The van der Waals surface area contributed by atoms with Crippen molar-refractivity contribution in [3.63, 3.8) is 0 Å². The highest BCUT2D eigenvalue weighted by molar-refractivity contribution is 6.02. The van der Waals surface area contributed by atoms with Crippen molar-refractivity contribution in [3.8, 4) is 5.75 Å². The lowest BCUT2D eigenvalue weighted by Crippen LogP contribution is -2.54. The molecule has 0 aromatic heterocycles. The van der Waals surface area contributed by atoms with Crippen molar-refractivity contribution in [3.05, 3.63) is 102 Å². The summed E-state index contributed by atoms with van der Waals surface area (Å²) in [7, 11) is 1.65. The van der Waals surface area contributed by atoms with Gasteiger partial charge in [-0.3, -0.25) is 9.59 Å². The molecule has 62 heavy (non-hydrogen) atoms. The first-order valence-corrected chi connectivity index (χ1v) is 23.4. The molecule has 4 aliphatic carbocycles. The summed E-state index contributed by atoms with van der Waals surface area (Å²) in [5, 5.41) is 6.68. The van der Waals surface area contributed by atoms with E-state index in [1.54, 1.807) is 7.11 Å². The number of benzene rings is 5. The molecule has 0 spiro atoms. The second-order valence-electron chi connectivity index (χ2n) is 20.0. The van der Waals surface area contributed by atoms with Gasteiger partial charge in [-0.05, 0) is 174 Å². The Kier molecular flexibility index (Phi) is 11.9. The third-order valence-corrected chi connectivity index (χ3v) is 17.0. The average Bonchev–Trinajstić information content (AvgIpc) is 3.65. The van der Waals surface area contributed by atoms with Crippen molar-refractivity contribution in [1.82, 2.24) is 0 Å². The molecule has 0 heterocycles. The van der Waals surface area contributed by atoms with Gasteiger partial charge in [0.25, 0.3) is 0 Å². The third-order valence-electron chi connectivity index (χ3n) is 17.0. The van der Waals surface area contributed by atoms with Gasteiger partial charge in [0, 0.05) is 12.0 Å². The number of hydrogen-bond donors (Lipinski definition) is 0. The Hall–Kier alpha value is -4.91. The molecule has 0 aliphatic heterocycles. The molecule has 326 valence electrons. The minimum Gasteiger partial charge on any atom is -0.497 e. The van der Waals surface area contributed by atoms with Crippen LogP contribution in [0.3, 0.4) is 0 Å². The molecule has 4 aliphatic rings. The lowest BCUT2D eigenvalue weighted by molar-refractivity contribution is -0.171. The molecule has 0 saturated heterocycles. The lowest BCUT2D eigenvalue weighted by Gasteiger charge is -2.61. The van der Waals surface area contributed by atoms with Crippen LogP contribution in [-0.2, 0) is 35.2 Å². The highest BCUT2D eigenvalue weighted by Gasteiger charge is 2.60. The minimum absolute atomic E-state index is 0.0976. The standard InChI is InChI=1S/C55H64O7/c1-34(14-23-51(56)60-32-47-44-12-8-6-10-39(44)29-40-11-7-9-13-45(40)47)48-21-22-49-46-20-18-41-31-43(24-26-54(41,3)50(46)25-27-55(48,49)4)62-52(57)33-61-53(58)35(2)36-15-16-38-30-42(59-5)19-17-37(38)28-36/h6-13,15-17,19,28-30,34-35,41,43,46,48-50H,14,18,20-27,31-33H2,1-5H3/t34-,35+,41-,43-,46+,48-,49+,50+,54+,55-/m1/s1. The molecule has 0 radical (unpaired) electrons. The maximum atomic E-state index is 13.3. The molecule has 7 nitrogen and oxygen atoms in total. The molecule has 0 amide bonds. The monoisotopic (exact) mass is 836 g/mol. The fourth-order valence-corrected chi connectivity index (χ4v) is 13.6. The number of hydrogen-bond acceptors (Lipinski definition) is 7. The highest BCUT2D eigenvalue weighted by atomic mass is 16.6. The second kappa shape index (κ2) is 17.3. The number of methoxy groups -OCH3 is 1. The summed E-state index contributed by atoms with van der Waals surface area (Å²) in [5.41, 5.74) is 2.49. The molecule has 4 fully saturated rings. The van der Waals surface area contributed by atoms with Gasteiger partial charge in [0.1, 0.15) is 18.5 Å². The van der Waals surface area contributed by atoms with Crippen LogP contribution < -0.4 is 4.74 Å². The second-order valence-corrected chi connectivity index (χ2v) is 20.0. The van der Waals surface area contributed by atoms with Crippen molar-refractivity contribution >= 4 is 50.2 Å². The molecular formula is C55H64O7. The van der Waals surface area contributed by atoms with E-state index >= 15 is 0 Å². The largest absolute Gasteiger partial charge is 0.497 e. The van der Waals surface area contributed by atoms with E-state index in [0.717, 1.165) is 75.9 Å². The van der Waals surface area contributed by atoms with E-state index in [-0.39, 0.29) is 24.1 Å². The van der Waals surface area contributed by atoms with Crippen molar-refractivity contribution in [2.75, 3.05) is 13.7 Å². The fourth-order valence-electron chi connectivity index (χ4n) is 13.6. The van der Waals surface area contributed by atoms with Gasteiger partial charge in [-0.25, -0.2) is 4.79 Å². The molecule has 5 aromatic carbocycles. The van der Waals surface area contributed by atoms with Crippen LogP contribution >= 0.6 is 0 Å². The van der Waals surface area contributed by atoms with E-state index in [1.807, 2.05) is 43.3 Å². The van der Waals surface area contributed by atoms with E-state index in [2.05, 4.69) is 75.4 Å². The number of ether oxygens (including phenoxy) is 4. The molecule has 0 bridgehead atoms. The van der Waals surface area contributed by atoms with Crippen LogP contribution in [-0.4, -0.2) is 37.7 Å². The lowest BCUT2D eigenvalue weighted by atomic mass is 9.44. The Labute approximate surface area is 367 Å². The number of carbonyl (C=O) groups excluding carboxylic acids is 3. The zero-order chi connectivity index (χ0) is 43.2. The van der Waals surface area contributed by atoms with Gasteiger partial charge in [-0.15, -0.1) is 0 Å². The number of esters is 3. The third kappa shape index (κ3) is 7.98. The molecule has 5 aromatic rings. The smallest absolute Gasteiger partial charge is 0.344 e. The van der Waals surface area contributed by atoms with E-state index in [9.17, 15) is 14.4 Å². The maximum absolute atomic E-state index is 13.3. The van der Waals surface area contributed by atoms with Crippen LogP contribution in [0.2, 0.25) is 0 Å². The normalized spacial score (nSPS) is 28.9. The molecule has 0 unspecified atom stereocenters. The first kappa shape index (κ1) is 42.4. The van der Waals surface area contributed by atoms with Crippen molar-refractivity contribution < 1.29 is 33.3 Å². The van der Waals surface area contributed by atoms with Crippen LogP contribution in [0.15, 0.2) is 91.0 Å². The summed E-state index contributed by atoms with van der Waals surface area (Å²) in [6.45, 7) is 9.27. The SMILES string of the molecule is COc1ccc2cc([C@H](C)C(=O)OCC(=O)O[C@@H]3CC[C@@]4(C)[C@H](CC[C@@H]5[C@@H]4CC[C@]4(C)[C@@H]([C@H](C)CCC(=O)OCc6c7ccccc7cc7ccccc67)CC[C@@H]54)C3)ccc2c1. The Balaban J connectivity index is 0.750. The maximum Gasteiger partial charge on any atom is 0.344 e. The van der Waals surface area contributed by atoms with E-state index < -0.39 is 17.9 Å². The number of rotatable bonds is 12. The molecular weight excluding hydrogens is 773 g/mol. The predicted octanol–water partition coefficient (Wildman–Crippen LogP) is 12.5. The van der Waals surface area contributed by atoms with Gasteiger partial charge in [-0.1, -0.05) is 93.6 Å². The van der Waals surface area contributed by atoms with E-state index in [4.69, 9.17) is 18.9 Å². The van der Waals surface area contributed by atoms with Crippen LogP contribution in [0.1, 0.15) is 115 Å². The van der Waals surface area contributed by atoms with Gasteiger partial charge in [0.15, 0.2) is 6.61 Å². The van der Waals surface area contributed by atoms with Crippen LogP contribution in [0.25, 0.3) is 32.3 Å². The minimum atomic E-state index is -0.507. The van der Waals surface area contributed by atoms with Gasteiger partial charge < -0.3 is 18.9 Å². The zero-order valence-corrected chi connectivity index (χ0v) is 37.3. The van der Waals surface area contributed by atoms with Gasteiger partial charge in [-0.2, -0.15) is 0 Å². The Bertz CT molecular complexity index is 2420. The number of carbonyl (C=O) groups is 3. The van der Waals surface area contributed by atoms with Crippen molar-refractivity contribution in [2.24, 2.45) is 46.3 Å². The topological polar surface area (TPSA) is 88.1 Å². The van der Waals surface area contributed by atoms with Gasteiger partial charge >= 0.3 is 17.9 Å². The van der Waals surface area contributed by atoms with E-state index in [0.29, 0.717) is 42.1 Å². The Morgan fingerprint density at radius 3 is 2.15 bits per heavy atom. The zero-order valence-electron chi connectivity index (χ0n) is 37.3. The van der Waals surface area contributed by atoms with Gasteiger partial charge in [0.2, 0.25) is 0 Å². The number of fused-ring (bicyclic) bond motifs is 8. The molecule has 10 atom stereocenters. The predicted molar refractivity (Wildman–Crippen MR) is 245 cm³/mol. The molecule has 9 rings (SSSR count). The van der Waals surface area contributed by atoms with Crippen LogP contribution in [0.5, 0.6) is 5.75 Å². The Morgan fingerprint density at radius 1 is 0.694 bits per heavy atom. The first-order chi connectivity index (χ1) is 29.9. The summed E-state index contributed by atoms with van der Waals surface area (Å²) in [6, 6.07) is 30.7. The Morgan fingerprint density at radius 2 is 1.39 bits per heavy atom. The summed E-state index contributed by atoms with van der Waals surface area (Å²) in [4.78, 5) is 39.4. The quantitative estimate of drug-likeness (QED) is 0.0702. The first-order valence-electron chi connectivity index (χ1n) is 23.4. The van der Waals surface area contributed by atoms with Crippen LogP contribution in [0, 0.1) is 46.3 Å². The van der Waals surface area contributed by atoms with Crippen LogP contribution in [0.4, 0.5) is 0 Å².